The van der Waals surface area contributed by atoms with E-state index < -0.39 is 11.6 Å². The Labute approximate surface area is 132 Å². The van der Waals surface area contributed by atoms with Crippen LogP contribution in [0.25, 0.3) is 11.1 Å². The molecule has 6 heteroatoms. The molecule has 0 atom stereocenters. The van der Waals surface area contributed by atoms with Crippen molar-refractivity contribution in [2.75, 3.05) is 7.11 Å². The number of aromatic nitrogens is 1. The zero-order valence-corrected chi connectivity index (χ0v) is 12.8. The molecule has 2 heterocycles. The van der Waals surface area contributed by atoms with Gasteiger partial charge in [-0.05, 0) is 13.0 Å². The van der Waals surface area contributed by atoms with Crippen LogP contribution in [0.2, 0.25) is 0 Å². The number of nitrogens with zero attached hydrogens (tertiary/aromatic N) is 2. The summed E-state index contributed by atoms with van der Waals surface area (Å²) in [4.78, 5) is 8.60. The third-order valence-electron chi connectivity index (χ3n) is 3.51. The van der Waals surface area contributed by atoms with Gasteiger partial charge >= 0.3 is 0 Å². The number of hydrogen-bond acceptors (Lipinski definition) is 4. The van der Waals surface area contributed by atoms with Gasteiger partial charge < -0.3 is 10.1 Å². The van der Waals surface area contributed by atoms with Crippen LogP contribution < -0.4 is 10.1 Å². The molecule has 0 amide bonds. The van der Waals surface area contributed by atoms with Gasteiger partial charge in [0.2, 0.25) is 5.88 Å². The van der Waals surface area contributed by atoms with Gasteiger partial charge in [0.05, 0.1) is 7.11 Å². The number of ether oxygens (including phenoxy) is 1. The van der Waals surface area contributed by atoms with Crippen LogP contribution in [0.15, 0.2) is 41.7 Å². The van der Waals surface area contributed by atoms with Crippen LogP contribution in [0, 0.1) is 11.6 Å². The minimum atomic E-state index is -0.900. The maximum absolute atomic E-state index is 14.1. The summed E-state index contributed by atoms with van der Waals surface area (Å²) in [6.07, 6.45) is 1.92. The Hall–Kier alpha value is -2.76. The van der Waals surface area contributed by atoms with E-state index in [0.29, 0.717) is 29.4 Å². The van der Waals surface area contributed by atoms with E-state index in [2.05, 4.69) is 21.9 Å². The number of allylic oxidation sites excluding steroid dienone is 1. The number of nitrogens with one attached hydrogen (secondary N) is 1. The zero-order valence-electron chi connectivity index (χ0n) is 12.8. The van der Waals surface area contributed by atoms with E-state index in [1.165, 1.54) is 25.4 Å². The van der Waals surface area contributed by atoms with Gasteiger partial charge in [0, 0.05) is 35.0 Å². The van der Waals surface area contributed by atoms with Crippen molar-refractivity contribution < 1.29 is 13.5 Å². The van der Waals surface area contributed by atoms with Crippen molar-refractivity contribution in [1.82, 2.24) is 10.3 Å². The summed E-state index contributed by atoms with van der Waals surface area (Å²) in [5.74, 6) is -0.787. The monoisotopic (exact) mass is 315 g/mol. The fourth-order valence-electron chi connectivity index (χ4n) is 2.57. The fourth-order valence-corrected chi connectivity index (χ4v) is 2.57. The number of amidine groups is 1. The van der Waals surface area contributed by atoms with Gasteiger partial charge in [0.15, 0.2) is 11.6 Å². The summed E-state index contributed by atoms with van der Waals surface area (Å²) in [5, 5.41) is 3.05. The van der Waals surface area contributed by atoms with Crippen LogP contribution in [-0.4, -0.2) is 17.9 Å². The molecule has 0 unspecified atom stereocenters. The van der Waals surface area contributed by atoms with E-state index in [1.54, 1.807) is 0 Å². The molecule has 1 N–H and O–H groups in total. The molecule has 1 aromatic carbocycles. The van der Waals surface area contributed by atoms with Crippen molar-refractivity contribution in [3.8, 4) is 17.0 Å². The number of methoxy groups -OCH3 is 1. The molecule has 23 heavy (non-hydrogen) atoms. The summed E-state index contributed by atoms with van der Waals surface area (Å²) in [5.41, 5.74) is 2.66. The Morgan fingerprint density at radius 2 is 2.09 bits per heavy atom. The van der Waals surface area contributed by atoms with Crippen molar-refractivity contribution in [3.63, 3.8) is 0 Å². The summed E-state index contributed by atoms with van der Waals surface area (Å²) in [6.45, 7) is 5.60. The van der Waals surface area contributed by atoms with E-state index in [-0.39, 0.29) is 5.56 Å². The predicted molar refractivity (Wildman–Crippen MR) is 84.9 cm³/mol. The first-order valence-electron chi connectivity index (χ1n) is 7.01. The predicted octanol–water partition coefficient (Wildman–Crippen LogP) is 3.74. The third-order valence-corrected chi connectivity index (χ3v) is 3.51. The molecule has 0 fully saturated rings. The highest BCUT2D eigenvalue weighted by atomic mass is 19.2. The highest BCUT2D eigenvalue weighted by Gasteiger charge is 2.25. The maximum atomic E-state index is 14.1. The fraction of sp³-hybridized carbons (Fsp3) is 0.176. The molecule has 0 spiro atoms. The van der Waals surface area contributed by atoms with Gasteiger partial charge in [-0.25, -0.2) is 18.8 Å². The standard InChI is InChI=1S/C17H15F2N3O/c1-9(2)21-14-7-11-12(8-20-17(23-3)16(11)22-14)10-5-4-6-13(18)15(10)19/h4-6,8H,1,7H2,2-3H3,(H,21,22). The molecular formula is C17H15F2N3O. The minimum Gasteiger partial charge on any atom is -0.479 e. The smallest absolute Gasteiger partial charge is 0.240 e. The van der Waals surface area contributed by atoms with Gasteiger partial charge in [-0.2, -0.15) is 0 Å². The molecule has 1 aliphatic heterocycles. The zero-order chi connectivity index (χ0) is 16.6. The lowest BCUT2D eigenvalue weighted by atomic mass is 9.99. The van der Waals surface area contributed by atoms with Gasteiger partial charge in [0.25, 0.3) is 0 Å². The number of benzene rings is 1. The van der Waals surface area contributed by atoms with E-state index in [1.807, 2.05) is 6.92 Å². The van der Waals surface area contributed by atoms with Crippen molar-refractivity contribution >= 4 is 11.5 Å². The second-order valence-corrected chi connectivity index (χ2v) is 5.25. The van der Waals surface area contributed by atoms with Gasteiger partial charge in [-0.1, -0.05) is 18.7 Å². The SMILES string of the molecule is C=C(C)NC1=Nc2c(OC)ncc(-c3cccc(F)c3F)c2C1. The second kappa shape index (κ2) is 5.79. The molecule has 118 valence electrons. The number of aliphatic imine (C=N–C) groups is 1. The van der Waals surface area contributed by atoms with Crippen LogP contribution >= 0.6 is 0 Å². The van der Waals surface area contributed by atoms with E-state index >= 15 is 0 Å². The lowest BCUT2D eigenvalue weighted by Crippen LogP contribution is -2.20. The Morgan fingerprint density at radius 1 is 1.30 bits per heavy atom. The largest absolute Gasteiger partial charge is 0.479 e. The molecule has 0 saturated carbocycles. The van der Waals surface area contributed by atoms with Crippen molar-refractivity contribution in [2.24, 2.45) is 4.99 Å². The van der Waals surface area contributed by atoms with Crippen LogP contribution in [0.3, 0.4) is 0 Å². The summed E-state index contributed by atoms with van der Waals surface area (Å²) < 4.78 is 32.9. The number of rotatable bonds is 3. The first kappa shape index (κ1) is 15.1. The first-order chi connectivity index (χ1) is 11.0. The van der Waals surface area contributed by atoms with Crippen molar-refractivity contribution in [1.29, 1.82) is 0 Å². The van der Waals surface area contributed by atoms with Crippen LogP contribution in [0.4, 0.5) is 14.5 Å². The van der Waals surface area contributed by atoms with E-state index in [9.17, 15) is 8.78 Å². The summed E-state index contributed by atoms with van der Waals surface area (Å²) in [6, 6.07) is 4.07. The molecule has 1 aliphatic rings. The van der Waals surface area contributed by atoms with E-state index in [0.717, 1.165) is 17.3 Å². The quantitative estimate of drug-likeness (QED) is 0.938. The molecule has 0 bridgehead atoms. The first-order valence-corrected chi connectivity index (χ1v) is 7.01. The Morgan fingerprint density at radius 3 is 2.78 bits per heavy atom. The molecule has 1 aromatic heterocycles. The lowest BCUT2D eigenvalue weighted by molar-refractivity contribution is 0.399. The Balaban J connectivity index is 2.13. The van der Waals surface area contributed by atoms with Gasteiger partial charge in [-0.3, -0.25) is 0 Å². The minimum absolute atomic E-state index is 0.156. The van der Waals surface area contributed by atoms with Crippen molar-refractivity contribution in [3.05, 3.63) is 53.9 Å². The number of pyridine rings is 1. The third kappa shape index (κ3) is 2.67. The number of hydrogen-bond donors (Lipinski definition) is 1. The average Bonchev–Trinajstić information content (AvgIpc) is 2.92. The number of halogens is 2. The van der Waals surface area contributed by atoms with Crippen LogP contribution in [0.5, 0.6) is 5.88 Å². The maximum Gasteiger partial charge on any atom is 0.240 e. The highest BCUT2D eigenvalue weighted by molar-refractivity contribution is 5.97. The van der Waals surface area contributed by atoms with Crippen LogP contribution in [-0.2, 0) is 6.42 Å². The molecule has 3 rings (SSSR count). The second-order valence-electron chi connectivity index (χ2n) is 5.25. The number of fused-ring (bicyclic) bond motifs is 1. The van der Waals surface area contributed by atoms with Crippen LogP contribution in [0.1, 0.15) is 12.5 Å². The summed E-state index contributed by atoms with van der Waals surface area (Å²) >= 11 is 0. The van der Waals surface area contributed by atoms with Gasteiger partial charge in [-0.15, -0.1) is 0 Å². The topological polar surface area (TPSA) is 46.5 Å². The Bertz CT molecular complexity index is 831. The van der Waals surface area contributed by atoms with Crippen molar-refractivity contribution in [2.45, 2.75) is 13.3 Å². The lowest BCUT2D eigenvalue weighted by Gasteiger charge is -2.11. The summed E-state index contributed by atoms with van der Waals surface area (Å²) in [7, 11) is 1.49. The average molecular weight is 315 g/mol. The normalized spacial score (nSPS) is 12.6. The molecule has 0 aliphatic carbocycles. The molecule has 0 radical (unpaired) electrons. The molecular weight excluding hydrogens is 300 g/mol. The molecule has 4 nitrogen and oxygen atoms in total. The Kier molecular flexibility index (Phi) is 3.82. The molecule has 2 aromatic rings. The van der Waals surface area contributed by atoms with E-state index in [4.69, 9.17) is 4.74 Å². The van der Waals surface area contributed by atoms with Gasteiger partial charge in [0.1, 0.15) is 11.5 Å². The highest BCUT2D eigenvalue weighted by Crippen LogP contribution is 2.41. The molecule has 0 saturated heterocycles.